The van der Waals surface area contributed by atoms with Crippen LogP contribution in [0.5, 0.6) is 0 Å². The Morgan fingerprint density at radius 2 is 1.89 bits per heavy atom. The molecule has 1 aliphatic rings. The third-order valence-corrected chi connectivity index (χ3v) is 4.47. The van der Waals surface area contributed by atoms with Crippen molar-refractivity contribution >= 4 is 12.6 Å². The lowest BCUT2D eigenvalue weighted by Crippen LogP contribution is -2.45. The van der Waals surface area contributed by atoms with Gasteiger partial charge in [-0.05, 0) is 50.3 Å². The summed E-state index contributed by atoms with van der Waals surface area (Å²) in [5, 5.41) is 10.1. The number of hydrogen-bond donors (Lipinski definition) is 2. The van der Waals surface area contributed by atoms with E-state index in [0.717, 1.165) is 32.4 Å². The lowest BCUT2D eigenvalue weighted by atomic mass is 9.74. The smallest absolute Gasteiger partial charge is 0.0499 e. The predicted molar refractivity (Wildman–Crippen MR) is 78.9 cm³/mol. The van der Waals surface area contributed by atoms with E-state index in [0.29, 0.717) is 5.37 Å². The molecule has 0 radical (unpaired) electrons. The molecule has 0 spiro atoms. The van der Waals surface area contributed by atoms with Crippen molar-refractivity contribution in [3.8, 4) is 0 Å². The summed E-state index contributed by atoms with van der Waals surface area (Å²) in [5.74, 6) is 0. The number of rotatable bonds is 4. The van der Waals surface area contributed by atoms with Crippen molar-refractivity contribution in [2.24, 2.45) is 5.41 Å². The normalized spacial score (nSPS) is 21.7. The molecule has 0 bridgehead atoms. The Labute approximate surface area is 115 Å². The van der Waals surface area contributed by atoms with Crippen molar-refractivity contribution < 1.29 is 5.11 Å². The van der Waals surface area contributed by atoms with Gasteiger partial charge in [0.2, 0.25) is 0 Å². The maximum atomic E-state index is 9.79. The highest BCUT2D eigenvalue weighted by atomic mass is 32.1. The highest BCUT2D eigenvalue weighted by Crippen LogP contribution is 2.35. The molecular weight excluding hydrogens is 242 g/mol. The van der Waals surface area contributed by atoms with Crippen LogP contribution in [0.3, 0.4) is 0 Å². The summed E-state index contributed by atoms with van der Waals surface area (Å²) in [6.07, 6.45) is 3.10. The molecule has 100 valence electrons. The molecule has 1 saturated heterocycles. The standard InChI is InChI=1S/C15H23NOS/c1-13(18)16-9-7-15(12-17,8-10-16)11-14-5-3-2-4-6-14/h2-6,13,17-18H,7-12H2,1H3. The Balaban J connectivity index is 2.00. The van der Waals surface area contributed by atoms with Gasteiger partial charge >= 0.3 is 0 Å². The van der Waals surface area contributed by atoms with Crippen molar-refractivity contribution in [2.45, 2.75) is 31.6 Å². The third-order valence-electron chi connectivity index (χ3n) is 4.14. The molecule has 1 aromatic carbocycles. The van der Waals surface area contributed by atoms with Crippen LogP contribution in [0, 0.1) is 5.41 Å². The highest BCUT2D eigenvalue weighted by molar-refractivity contribution is 7.80. The quantitative estimate of drug-likeness (QED) is 0.818. The number of piperidine rings is 1. The SMILES string of the molecule is CC(S)N1CCC(CO)(Cc2ccccc2)CC1. The number of thiol groups is 1. The van der Waals surface area contributed by atoms with Gasteiger partial charge in [-0.2, -0.15) is 12.6 Å². The average molecular weight is 265 g/mol. The van der Waals surface area contributed by atoms with Crippen molar-refractivity contribution in [3.63, 3.8) is 0 Å². The first-order valence-corrected chi connectivity index (χ1v) is 7.24. The first-order valence-electron chi connectivity index (χ1n) is 6.72. The molecule has 1 unspecified atom stereocenters. The van der Waals surface area contributed by atoms with Crippen LogP contribution in [0.25, 0.3) is 0 Å². The average Bonchev–Trinajstić information content (AvgIpc) is 2.40. The zero-order valence-electron chi connectivity index (χ0n) is 11.0. The molecule has 0 aromatic heterocycles. The summed E-state index contributed by atoms with van der Waals surface area (Å²) in [4.78, 5) is 2.38. The molecule has 1 atom stereocenters. The minimum atomic E-state index is 0.0700. The molecule has 0 amide bonds. The van der Waals surface area contributed by atoms with Crippen LogP contribution < -0.4 is 0 Å². The van der Waals surface area contributed by atoms with Gasteiger partial charge < -0.3 is 5.11 Å². The molecule has 1 heterocycles. The topological polar surface area (TPSA) is 23.5 Å². The van der Waals surface area contributed by atoms with Gasteiger partial charge in [0.05, 0.1) is 0 Å². The Morgan fingerprint density at radius 3 is 2.39 bits per heavy atom. The van der Waals surface area contributed by atoms with Gasteiger partial charge in [0, 0.05) is 12.0 Å². The van der Waals surface area contributed by atoms with Crippen LogP contribution in [0.4, 0.5) is 0 Å². The van der Waals surface area contributed by atoms with Crippen LogP contribution in [0.1, 0.15) is 25.3 Å². The fourth-order valence-electron chi connectivity index (χ4n) is 2.79. The van der Waals surface area contributed by atoms with Crippen LogP contribution in [-0.4, -0.2) is 35.1 Å². The predicted octanol–water partition coefficient (Wildman–Crippen LogP) is 2.58. The maximum Gasteiger partial charge on any atom is 0.0499 e. The summed E-state index contributed by atoms with van der Waals surface area (Å²) in [6.45, 7) is 4.49. The fourth-order valence-corrected chi connectivity index (χ4v) is 3.02. The summed E-state index contributed by atoms with van der Waals surface area (Å²) in [7, 11) is 0. The lowest BCUT2D eigenvalue weighted by Gasteiger charge is -2.42. The van der Waals surface area contributed by atoms with Gasteiger partial charge in [-0.3, -0.25) is 4.90 Å². The summed E-state index contributed by atoms with van der Waals surface area (Å²) < 4.78 is 0. The second-order valence-corrected chi connectivity index (χ2v) is 6.24. The lowest BCUT2D eigenvalue weighted by molar-refractivity contribution is 0.0423. The van der Waals surface area contributed by atoms with Gasteiger partial charge in [-0.15, -0.1) is 0 Å². The number of aliphatic hydroxyl groups excluding tert-OH is 1. The molecule has 2 rings (SSSR count). The molecular formula is C15H23NOS. The second-order valence-electron chi connectivity index (χ2n) is 5.49. The van der Waals surface area contributed by atoms with E-state index in [2.05, 4.69) is 48.7 Å². The highest BCUT2D eigenvalue weighted by Gasteiger charge is 2.34. The number of benzene rings is 1. The van der Waals surface area contributed by atoms with E-state index in [4.69, 9.17) is 0 Å². The van der Waals surface area contributed by atoms with Crippen LogP contribution in [-0.2, 0) is 6.42 Å². The van der Waals surface area contributed by atoms with E-state index in [1.807, 2.05) is 6.07 Å². The van der Waals surface area contributed by atoms with Crippen molar-refractivity contribution in [1.29, 1.82) is 0 Å². The van der Waals surface area contributed by atoms with Crippen LogP contribution in [0.2, 0.25) is 0 Å². The molecule has 1 aromatic rings. The van der Waals surface area contributed by atoms with Crippen LogP contribution in [0.15, 0.2) is 30.3 Å². The molecule has 3 heteroatoms. The Morgan fingerprint density at radius 1 is 1.28 bits per heavy atom. The summed E-state index contributed by atoms with van der Waals surface area (Å²) in [5.41, 5.74) is 1.40. The maximum absolute atomic E-state index is 9.79. The monoisotopic (exact) mass is 265 g/mol. The van der Waals surface area contributed by atoms with E-state index in [-0.39, 0.29) is 12.0 Å². The van der Waals surface area contributed by atoms with Gasteiger partial charge in [0.15, 0.2) is 0 Å². The number of likely N-dealkylation sites (tertiary alicyclic amines) is 1. The molecule has 0 saturated carbocycles. The van der Waals surface area contributed by atoms with Crippen molar-refractivity contribution in [2.75, 3.05) is 19.7 Å². The van der Waals surface area contributed by atoms with E-state index < -0.39 is 0 Å². The van der Waals surface area contributed by atoms with Gasteiger partial charge in [-0.25, -0.2) is 0 Å². The van der Waals surface area contributed by atoms with Gasteiger partial charge in [0.1, 0.15) is 0 Å². The molecule has 2 nitrogen and oxygen atoms in total. The van der Waals surface area contributed by atoms with E-state index >= 15 is 0 Å². The number of nitrogens with zero attached hydrogens (tertiary/aromatic N) is 1. The van der Waals surface area contributed by atoms with Crippen molar-refractivity contribution in [1.82, 2.24) is 4.90 Å². The van der Waals surface area contributed by atoms with E-state index in [1.165, 1.54) is 5.56 Å². The minimum Gasteiger partial charge on any atom is -0.396 e. The molecule has 18 heavy (non-hydrogen) atoms. The fraction of sp³-hybridized carbons (Fsp3) is 0.600. The first kappa shape index (κ1) is 13.9. The molecule has 0 aliphatic carbocycles. The number of aliphatic hydroxyl groups is 1. The first-order chi connectivity index (χ1) is 8.65. The largest absolute Gasteiger partial charge is 0.396 e. The van der Waals surface area contributed by atoms with E-state index in [1.54, 1.807) is 0 Å². The Bertz CT molecular complexity index is 358. The summed E-state index contributed by atoms with van der Waals surface area (Å²) >= 11 is 4.49. The Kier molecular flexibility index (Phi) is 4.71. The van der Waals surface area contributed by atoms with Crippen LogP contribution >= 0.6 is 12.6 Å². The summed E-state index contributed by atoms with van der Waals surface area (Å²) in [6, 6.07) is 10.5. The zero-order valence-corrected chi connectivity index (χ0v) is 11.9. The zero-order chi connectivity index (χ0) is 13.0. The number of hydrogen-bond acceptors (Lipinski definition) is 3. The molecule has 1 fully saturated rings. The second kappa shape index (κ2) is 6.09. The molecule has 1 aliphatic heterocycles. The van der Waals surface area contributed by atoms with Gasteiger partial charge in [-0.1, -0.05) is 30.3 Å². The minimum absolute atomic E-state index is 0.0700. The molecule has 1 N–H and O–H groups in total. The van der Waals surface area contributed by atoms with E-state index in [9.17, 15) is 5.11 Å². The Hall–Kier alpha value is -0.510. The van der Waals surface area contributed by atoms with Crippen molar-refractivity contribution in [3.05, 3.63) is 35.9 Å². The van der Waals surface area contributed by atoms with Gasteiger partial charge in [0.25, 0.3) is 0 Å². The third kappa shape index (κ3) is 3.28.